The summed E-state index contributed by atoms with van der Waals surface area (Å²) in [6, 6.07) is 10.2. The summed E-state index contributed by atoms with van der Waals surface area (Å²) < 4.78 is 19.3. The van der Waals surface area contributed by atoms with Crippen LogP contribution in [-0.2, 0) is 18.6 Å². The Bertz CT molecular complexity index is 1150. The van der Waals surface area contributed by atoms with E-state index >= 15 is 0 Å². The van der Waals surface area contributed by atoms with Crippen molar-refractivity contribution >= 4 is 11.8 Å². The minimum atomic E-state index is -0.279. The molecule has 0 aliphatic rings. The van der Waals surface area contributed by atoms with E-state index in [1.54, 1.807) is 42.9 Å². The monoisotopic (exact) mass is 408 g/mol. The number of hydrogen-bond donors (Lipinski definition) is 1. The Hall–Kier alpha value is -3.26. The van der Waals surface area contributed by atoms with Crippen molar-refractivity contribution in [3.8, 4) is 0 Å². The van der Waals surface area contributed by atoms with E-state index in [0.717, 1.165) is 5.56 Å². The van der Waals surface area contributed by atoms with Crippen molar-refractivity contribution in [3.05, 3.63) is 106 Å². The maximum Gasteiger partial charge on any atom is 0.255 e. The van der Waals surface area contributed by atoms with Gasteiger partial charge in [0.15, 0.2) is 5.16 Å². The smallest absolute Gasteiger partial charge is 0.255 e. The lowest BCUT2D eigenvalue weighted by Gasteiger charge is -2.10. The highest BCUT2D eigenvalue weighted by atomic mass is 32.2. The van der Waals surface area contributed by atoms with Crippen molar-refractivity contribution in [2.75, 3.05) is 0 Å². The van der Waals surface area contributed by atoms with Crippen LogP contribution in [0.25, 0.3) is 0 Å². The zero-order valence-electron chi connectivity index (χ0n) is 15.3. The topological polar surface area (TPSA) is 84.7 Å². The van der Waals surface area contributed by atoms with Crippen LogP contribution in [0.2, 0.25) is 0 Å². The predicted octanol–water partition coefficient (Wildman–Crippen LogP) is 3.77. The van der Waals surface area contributed by atoms with Gasteiger partial charge in [-0.1, -0.05) is 30.0 Å². The predicted molar refractivity (Wildman–Crippen MR) is 107 cm³/mol. The zero-order chi connectivity index (χ0) is 20.1. The Balaban J connectivity index is 1.64. The number of thioether (sulfide) groups is 1. The van der Waals surface area contributed by atoms with Crippen LogP contribution < -0.4 is 5.56 Å². The molecule has 0 radical (unpaired) electrons. The van der Waals surface area contributed by atoms with Gasteiger partial charge in [-0.2, -0.15) is 0 Å². The van der Waals surface area contributed by atoms with E-state index in [-0.39, 0.29) is 11.4 Å². The normalized spacial score (nSPS) is 10.9. The molecule has 0 amide bonds. The molecule has 0 saturated carbocycles. The molecule has 0 saturated heterocycles. The summed E-state index contributed by atoms with van der Waals surface area (Å²) >= 11 is 1.28. The molecule has 0 spiro atoms. The van der Waals surface area contributed by atoms with Gasteiger partial charge >= 0.3 is 0 Å². The minimum absolute atomic E-state index is 0.235. The molecule has 4 rings (SSSR count). The highest BCUT2D eigenvalue weighted by Gasteiger charge is 2.15. The van der Waals surface area contributed by atoms with E-state index in [2.05, 4.69) is 19.9 Å². The van der Waals surface area contributed by atoms with Crippen LogP contribution in [0.1, 0.15) is 28.1 Å². The van der Waals surface area contributed by atoms with E-state index in [0.29, 0.717) is 46.3 Å². The summed E-state index contributed by atoms with van der Waals surface area (Å²) in [7, 11) is 0. The number of hydrogen-bond acceptors (Lipinski definition) is 6. The summed E-state index contributed by atoms with van der Waals surface area (Å²) in [6.45, 7) is 0. The number of nitrogens with zero attached hydrogens (tertiary/aromatic N) is 3. The summed E-state index contributed by atoms with van der Waals surface area (Å²) in [6.07, 6.45) is 7.11. The molecule has 0 unspecified atom stereocenters. The van der Waals surface area contributed by atoms with Crippen LogP contribution in [0.15, 0.2) is 75.8 Å². The van der Waals surface area contributed by atoms with E-state index < -0.39 is 0 Å². The first kappa shape index (κ1) is 19.1. The molecule has 146 valence electrons. The van der Waals surface area contributed by atoms with Crippen molar-refractivity contribution in [3.63, 3.8) is 0 Å². The average molecular weight is 408 g/mol. The number of rotatable bonds is 7. The van der Waals surface area contributed by atoms with Crippen molar-refractivity contribution in [1.29, 1.82) is 0 Å². The number of aromatic nitrogens is 4. The quantitative estimate of drug-likeness (QED) is 0.370. The maximum atomic E-state index is 13.9. The fourth-order valence-electron chi connectivity index (χ4n) is 2.88. The Morgan fingerprint density at radius 3 is 2.66 bits per heavy atom. The first-order valence-electron chi connectivity index (χ1n) is 8.93. The van der Waals surface area contributed by atoms with Crippen molar-refractivity contribution in [1.82, 2.24) is 19.9 Å². The van der Waals surface area contributed by atoms with Crippen LogP contribution in [0.3, 0.4) is 0 Å². The number of H-pyrrole nitrogens is 1. The Kier molecular flexibility index (Phi) is 5.81. The molecule has 1 N–H and O–H groups in total. The molecular weight excluding hydrogens is 391 g/mol. The minimum Gasteiger partial charge on any atom is -0.469 e. The average Bonchev–Trinajstić information content (AvgIpc) is 3.24. The number of aromatic amines is 1. The number of nitrogens with one attached hydrogen (secondary N) is 1. The van der Waals surface area contributed by atoms with Gasteiger partial charge < -0.3 is 9.40 Å². The van der Waals surface area contributed by atoms with Gasteiger partial charge in [-0.25, -0.2) is 19.3 Å². The molecule has 3 heterocycles. The molecule has 4 aromatic rings. The molecule has 3 aromatic heterocycles. The molecule has 6 nitrogen and oxygen atoms in total. The summed E-state index contributed by atoms with van der Waals surface area (Å²) in [5.74, 6) is 0.791. The largest absolute Gasteiger partial charge is 0.469 e. The number of benzene rings is 1. The fourth-order valence-corrected chi connectivity index (χ4v) is 3.75. The van der Waals surface area contributed by atoms with Crippen LogP contribution in [0, 0.1) is 5.82 Å². The maximum absolute atomic E-state index is 13.9. The lowest BCUT2D eigenvalue weighted by molar-refractivity contribution is 0.517. The standard InChI is InChI=1S/C21H17FN4O2S/c22-18-6-2-1-4-15(18)12-29-21-25-19(9-16-5-3-7-28-16)17(20(27)26-21)8-14-10-23-13-24-11-14/h1-7,10-11,13H,8-9,12H2,(H,25,26,27). The molecule has 0 fully saturated rings. The SMILES string of the molecule is O=c1[nH]c(SCc2ccccc2F)nc(Cc2ccco2)c1Cc1cncnc1. The lowest BCUT2D eigenvalue weighted by atomic mass is 10.0. The van der Waals surface area contributed by atoms with Crippen LogP contribution >= 0.6 is 11.8 Å². The number of halogens is 1. The van der Waals surface area contributed by atoms with Gasteiger partial charge in [-0.3, -0.25) is 4.79 Å². The van der Waals surface area contributed by atoms with Crippen molar-refractivity contribution < 1.29 is 8.81 Å². The summed E-state index contributed by atoms with van der Waals surface area (Å²) in [5, 5.41) is 0.438. The van der Waals surface area contributed by atoms with Crippen molar-refractivity contribution in [2.24, 2.45) is 0 Å². The molecule has 0 aliphatic heterocycles. The fraction of sp³-hybridized carbons (Fsp3) is 0.143. The van der Waals surface area contributed by atoms with Gasteiger partial charge in [0.1, 0.15) is 17.9 Å². The highest BCUT2D eigenvalue weighted by Crippen LogP contribution is 2.22. The van der Waals surface area contributed by atoms with E-state index in [1.165, 1.54) is 24.2 Å². The zero-order valence-corrected chi connectivity index (χ0v) is 16.2. The first-order chi connectivity index (χ1) is 14.2. The number of furan rings is 1. The third-order valence-corrected chi connectivity index (χ3v) is 5.24. The third kappa shape index (κ3) is 4.78. The molecule has 8 heteroatoms. The Morgan fingerprint density at radius 1 is 1.07 bits per heavy atom. The van der Waals surface area contributed by atoms with Gasteiger partial charge in [0.25, 0.3) is 5.56 Å². The first-order valence-corrected chi connectivity index (χ1v) is 9.92. The molecule has 1 aromatic carbocycles. The second-order valence-electron chi connectivity index (χ2n) is 6.36. The van der Waals surface area contributed by atoms with Crippen molar-refractivity contribution in [2.45, 2.75) is 23.8 Å². The van der Waals surface area contributed by atoms with Gasteiger partial charge in [-0.05, 0) is 29.3 Å². The molecule has 0 aliphatic carbocycles. The van der Waals surface area contributed by atoms with Crippen LogP contribution in [-0.4, -0.2) is 19.9 Å². The van der Waals surface area contributed by atoms with Crippen LogP contribution in [0.4, 0.5) is 4.39 Å². The second kappa shape index (κ2) is 8.83. The molecular formula is C21H17FN4O2S. The van der Waals surface area contributed by atoms with Gasteiger partial charge in [-0.15, -0.1) is 0 Å². The van der Waals surface area contributed by atoms with Gasteiger partial charge in [0.2, 0.25) is 0 Å². The van der Waals surface area contributed by atoms with E-state index in [9.17, 15) is 9.18 Å². The molecule has 0 bridgehead atoms. The second-order valence-corrected chi connectivity index (χ2v) is 7.32. The Morgan fingerprint density at radius 2 is 1.90 bits per heavy atom. The highest BCUT2D eigenvalue weighted by molar-refractivity contribution is 7.98. The lowest BCUT2D eigenvalue weighted by Crippen LogP contribution is -2.19. The van der Waals surface area contributed by atoms with Gasteiger partial charge in [0.05, 0.1) is 12.0 Å². The summed E-state index contributed by atoms with van der Waals surface area (Å²) in [5.41, 5.74) is 2.28. The molecule has 0 atom stereocenters. The molecule has 29 heavy (non-hydrogen) atoms. The van der Waals surface area contributed by atoms with Crippen LogP contribution in [0.5, 0.6) is 0 Å². The van der Waals surface area contributed by atoms with E-state index in [4.69, 9.17) is 4.42 Å². The van der Waals surface area contributed by atoms with E-state index in [1.807, 2.05) is 6.07 Å². The Labute approximate surface area is 170 Å². The third-order valence-electron chi connectivity index (χ3n) is 4.32. The summed E-state index contributed by atoms with van der Waals surface area (Å²) in [4.78, 5) is 28.3. The van der Waals surface area contributed by atoms with Gasteiger partial charge in [0, 0.05) is 36.6 Å².